The van der Waals surface area contributed by atoms with Crippen molar-refractivity contribution in [1.82, 2.24) is 9.71 Å². The van der Waals surface area contributed by atoms with Gasteiger partial charge in [0, 0.05) is 19.2 Å². The van der Waals surface area contributed by atoms with Gasteiger partial charge in [-0.05, 0) is 42.5 Å². The van der Waals surface area contributed by atoms with Gasteiger partial charge in [-0.25, -0.2) is 30.9 Å². The van der Waals surface area contributed by atoms with Gasteiger partial charge in [-0.1, -0.05) is 11.3 Å². The van der Waals surface area contributed by atoms with E-state index in [9.17, 15) is 26.0 Å². The van der Waals surface area contributed by atoms with Crippen molar-refractivity contribution < 1.29 is 26.0 Å². The first-order valence-electron chi connectivity index (χ1n) is 8.20. The van der Waals surface area contributed by atoms with E-state index < -0.39 is 31.6 Å². The smallest absolute Gasteiger partial charge is 0.240 e. The highest BCUT2D eigenvalue weighted by Crippen LogP contribution is 2.28. The third-order valence-corrected chi connectivity index (χ3v) is 7.32. The quantitative estimate of drug-likeness (QED) is 0.561. The summed E-state index contributed by atoms with van der Waals surface area (Å²) in [5.74, 6) is -1.02. The molecule has 1 heterocycles. The lowest BCUT2D eigenvalue weighted by Crippen LogP contribution is -2.27. The van der Waals surface area contributed by atoms with Crippen LogP contribution in [0.1, 0.15) is 6.42 Å². The Morgan fingerprint density at radius 1 is 1.07 bits per heavy atom. The maximum atomic E-state index is 12.9. The number of nitrogens with one attached hydrogen (secondary N) is 2. The van der Waals surface area contributed by atoms with Crippen LogP contribution in [-0.2, 0) is 24.7 Å². The molecule has 2 aromatic carbocycles. The fraction of sp³-hybridized carbons (Fsp3) is 0.176. The largest absolute Gasteiger partial charge is 0.302 e. The van der Waals surface area contributed by atoms with Gasteiger partial charge in [-0.2, -0.15) is 0 Å². The number of amides is 1. The van der Waals surface area contributed by atoms with Crippen molar-refractivity contribution in [3.05, 3.63) is 48.3 Å². The van der Waals surface area contributed by atoms with E-state index in [1.807, 2.05) is 0 Å². The molecule has 0 bridgehead atoms. The molecule has 0 radical (unpaired) electrons. The van der Waals surface area contributed by atoms with Gasteiger partial charge in [0.2, 0.25) is 15.9 Å². The Hall–Kier alpha value is -2.41. The van der Waals surface area contributed by atoms with Gasteiger partial charge in [0.15, 0.2) is 15.0 Å². The first kappa shape index (κ1) is 21.3. The predicted molar refractivity (Wildman–Crippen MR) is 108 cm³/mol. The first-order valence-corrected chi connectivity index (χ1v) is 12.4. The summed E-state index contributed by atoms with van der Waals surface area (Å²) in [7, 11) is -7.21. The molecule has 0 aliphatic heterocycles. The zero-order chi connectivity index (χ0) is 21.2. The first-order chi connectivity index (χ1) is 13.5. The van der Waals surface area contributed by atoms with Crippen LogP contribution in [0.25, 0.3) is 10.2 Å². The van der Waals surface area contributed by atoms with Crippen LogP contribution < -0.4 is 10.0 Å². The third kappa shape index (κ3) is 5.35. The van der Waals surface area contributed by atoms with Crippen LogP contribution in [0.4, 0.5) is 9.52 Å². The molecular weight excluding hydrogens is 441 g/mol. The van der Waals surface area contributed by atoms with Crippen LogP contribution in [0, 0.1) is 5.82 Å². The maximum Gasteiger partial charge on any atom is 0.240 e. The number of nitrogens with zero attached hydrogens (tertiary/aromatic N) is 1. The average molecular weight is 458 g/mol. The van der Waals surface area contributed by atoms with E-state index in [0.717, 1.165) is 41.9 Å². The minimum atomic E-state index is -3.85. The zero-order valence-corrected chi connectivity index (χ0v) is 17.5. The van der Waals surface area contributed by atoms with E-state index in [0.29, 0.717) is 10.2 Å². The molecule has 1 aromatic heterocycles. The Balaban J connectivity index is 1.60. The molecule has 1 amide bonds. The maximum absolute atomic E-state index is 12.9. The molecule has 0 unspecified atom stereocenters. The van der Waals surface area contributed by atoms with Gasteiger partial charge < -0.3 is 5.32 Å². The van der Waals surface area contributed by atoms with Crippen LogP contribution >= 0.6 is 11.3 Å². The number of anilines is 1. The summed E-state index contributed by atoms with van der Waals surface area (Å²) < 4.78 is 63.2. The minimum absolute atomic E-state index is 0.104. The summed E-state index contributed by atoms with van der Waals surface area (Å²) in [5, 5.41) is 2.83. The lowest BCUT2D eigenvalue weighted by molar-refractivity contribution is -0.116. The lowest BCUT2D eigenvalue weighted by Gasteiger charge is -2.06. The number of rotatable bonds is 7. The predicted octanol–water partition coefficient (Wildman–Crippen LogP) is 2.15. The number of hydrogen-bond acceptors (Lipinski definition) is 7. The number of thiazole rings is 1. The Morgan fingerprint density at radius 3 is 2.38 bits per heavy atom. The minimum Gasteiger partial charge on any atom is -0.302 e. The molecule has 0 fully saturated rings. The lowest BCUT2D eigenvalue weighted by atomic mass is 10.3. The molecule has 12 heteroatoms. The molecule has 3 rings (SSSR count). The summed E-state index contributed by atoms with van der Waals surface area (Å²) in [6.07, 6.45) is 0.954. The average Bonchev–Trinajstić information content (AvgIpc) is 3.02. The van der Waals surface area contributed by atoms with Crippen molar-refractivity contribution in [2.45, 2.75) is 16.2 Å². The highest BCUT2D eigenvalue weighted by atomic mass is 32.2. The van der Waals surface area contributed by atoms with Crippen LogP contribution in [0.15, 0.2) is 52.3 Å². The molecule has 154 valence electrons. The number of halogens is 1. The van der Waals surface area contributed by atoms with Crippen LogP contribution in [0.3, 0.4) is 0 Å². The molecule has 0 saturated heterocycles. The summed E-state index contributed by atoms with van der Waals surface area (Å²) >= 11 is 1.11. The molecule has 0 aliphatic carbocycles. The van der Waals surface area contributed by atoms with Crippen molar-refractivity contribution in [2.24, 2.45) is 0 Å². The number of carbonyl (C=O) groups excluding carboxylic acids is 1. The topological polar surface area (TPSA) is 122 Å². The van der Waals surface area contributed by atoms with Crippen molar-refractivity contribution >= 4 is 52.5 Å². The summed E-state index contributed by atoms with van der Waals surface area (Å²) in [6.45, 7) is -0.158. The highest BCUT2D eigenvalue weighted by Gasteiger charge is 2.15. The second-order valence-corrected chi connectivity index (χ2v) is 10.9. The molecule has 0 aliphatic rings. The normalized spacial score (nSPS) is 12.2. The Kier molecular flexibility index (Phi) is 5.98. The van der Waals surface area contributed by atoms with Crippen LogP contribution in [0.2, 0.25) is 0 Å². The molecule has 0 saturated carbocycles. The number of sulfone groups is 1. The zero-order valence-electron chi connectivity index (χ0n) is 15.0. The number of fused-ring (bicyclic) bond motifs is 1. The fourth-order valence-corrected chi connectivity index (χ4v) is 5.04. The number of sulfonamides is 1. The van der Waals surface area contributed by atoms with E-state index in [-0.39, 0.29) is 27.9 Å². The van der Waals surface area contributed by atoms with Crippen LogP contribution in [-0.4, -0.2) is 40.5 Å². The third-order valence-electron chi connectivity index (χ3n) is 3.80. The molecule has 0 spiro atoms. The Bertz CT molecular complexity index is 1270. The fourth-order valence-electron chi connectivity index (χ4n) is 2.37. The van der Waals surface area contributed by atoms with E-state index in [1.165, 1.54) is 12.1 Å². The molecule has 2 N–H and O–H groups in total. The molecule has 29 heavy (non-hydrogen) atoms. The second-order valence-electron chi connectivity index (χ2n) is 6.07. The highest BCUT2D eigenvalue weighted by molar-refractivity contribution is 7.90. The van der Waals surface area contributed by atoms with E-state index in [4.69, 9.17) is 0 Å². The van der Waals surface area contributed by atoms with Crippen molar-refractivity contribution in [2.75, 3.05) is 18.1 Å². The summed E-state index contributed by atoms with van der Waals surface area (Å²) in [4.78, 5) is 16.3. The molecule has 0 atom stereocenters. The number of aromatic nitrogens is 1. The van der Waals surface area contributed by atoms with Crippen molar-refractivity contribution in [3.8, 4) is 0 Å². The molecular formula is C17H16FN3O5S3. The molecule has 8 nitrogen and oxygen atoms in total. The number of hydrogen-bond donors (Lipinski definition) is 2. The van der Waals surface area contributed by atoms with Gasteiger partial charge in [0.05, 0.1) is 20.0 Å². The number of benzene rings is 2. The number of carbonyl (C=O) groups is 1. The second kappa shape index (κ2) is 8.14. The van der Waals surface area contributed by atoms with Crippen molar-refractivity contribution in [3.63, 3.8) is 0 Å². The van der Waals surface area contributed by atoms with Gasteiger partial charge in [-0.3, -0.25) is 4.79 Å². The van der Waals surface area contributed by atoms with Gasteiger partial charge in [0.1, 0.15) is 5.82 Å². The van der Waals surface area contributed by atoms with E-state index in [1.54, 1.807) is 6.07 Å². The SMILES string of the molecule is CS(=O)(=O)c1ccc2nc(NC(=O)CCNS(=O)(=O)c3ccc(F)cc3)sc2c1. The standard InChI is InChI=1S/C17H16FN3O5S3/c1-28(23,24)13-6-7-14-15(10-13)27-17(20-14)21-16(22)8-9-19-29(25,26)12-4-2-11(18)3-5-12/h2-7,10,19H,8-9H2,1H3,(H,20,21,22). The van der Waals surface area contributed by atoms with Gasteiger partial charge >= 0.3 is 0 Å². The van der Waals surface area contributed by atoms with E-state index >= 15 is 0 Å². The van der Waals surface area contributed by atoms with Crippen LogP contribution in [0.5, 0.6) is 0 Å². The van der Waals surface area contributed by atoms with Crippen molar-refractivity contribution in [1.29, 1.82) is 0 Å². The Morgan fingerprint density at radius 2 is 1.72 bits per heavy atom. The molecule has 3 aromatic rings. The summed E-state index contributed by atoms with van der Waals surface area (Å²) in [6, 6.07) is 8.79. The Labute approximate surface area is 170 Å². The summed E-state index contributed by atoms with van der Waals surface area (Å²) in [5.41, 5.74) is 0.537. The monoisotopic (exact) mass is 457 g/mol. The van der Waals surface area contributed by atoms with Gasteiger partial charge in [0.25, 0.3) is 0 Å². The van der Waals surface area contributed by atoms with Gasteiger partial charge in [-0.15, -0.1) is 0 Å². The van der Waals surface area contributed by atoms with E-state index in [2.05, 4.69) is 15.0 Å².